The lowest BCUT2D eigenvalue weighted by atomic mass is 9.46. The Kier molecular flexibility index (Phi) is 12.9. The minimum Gasteiger partial charge on any atom is -0.446 e. The molecular weight excluding hydrogens is 536 g/mol. The molecule has 1 N–H and O–H groups in total. The summed E-state index contributed by atoms with van der Waals surface area (Å²) in [6.07, 6.45) is 19.4. The zero-order chi connectivity index (χ0) is 29.6. The van der Waals surface area contributed by atoms with Gasteiger partial charge in [0.15, 0.2) is 0 Å². The molecule has 248 valence electrons. The first-order valence-corrected chi connectivity index (χ1v) is 17.9. The summed E-state index contributed by atoms with van der Waals surface area (Å²) in [5.41, 5.74) is 2.52. The van der Waals surface area contributed by atoms with E-state index in [-0.39, 0.29) is 19.6 Å². The van der Waals surface area contributed by atoms with Crippen LogP contribution in [0.25, 0.3) is 0 Å². The molecule has 1 aliphatic heterocycles. The van der Waals surface area contributed by atoms with Crippen LogP contribution >= 0.6 is 0 Å². The lowest BCUT2D eigenvalue weighted by molar-refractivity contribution is -0.0597. The summed E-state index contributed by atoms with van der Waals surface area (Å²) in [4.78, 5) is 15.0. The third-order valence-corrected chi connectivity index (χ3v) is 12.6. The molecule has 0 aromatic carbocycles. The number of allylic oxidation sites excluding steroid dienone is 1. The molecule has 4 fully saturated rings. The van der Waals surface area contributed by atoms with Gasteiger partial charge in [0.05, 0.1) is 26.4 Å². The van der Waals surface area contributed by atoms with Crippen molar-refractivity contribution in [3.8, 4) is 0 Å². The number of carbonyl (C=O) groups is 1. The van der Waals surface area contributed by atoms with Crippen LogP contribution in [-0.2, 0) is 14.2 Å². The second kappa shape index (κ2) is 15.9. The summed E-state index contributed by atoms with van der Waals surface area (Å²) in [6.45, 7) is 16.1. The van der Waals surface area contributed by atoms with Crippen molar-refractivity contribution in [1.29, 1.82) is 0 Å². The maximum atomic E-state index is 12.6. The van der Waals surface area contributed by atoms with Gasteiger partial charge in [0.25, 0.3) is 0 Å². The molecule has 1 saturated heterocycles. The van der Waals surface area contributed by atoms with E-state index >= 15 is 0 Å². The summed E-state index contributed by atoms with van der Waals surface area (Å²) in [5, 5.41) is 2.93. The Balaban J connectivity index is 0.00000423. The Morgan fingerprint density at radius 3 is 2.67 bits per heavy atom. The largest absolute Gasteiger partial charge is 0.446 e. The Labute approximate surface area is 264 Å². The van der Waals surface area contributed by atoms with Crippen LogP contribution in [0.5, 0.6) is 0 Å². The average molecular weight is 603 g/mol. The van der Waals surface area contributed by atoms with Crippen molar-refractivity contribution in [3.63, 3.8) is 0 Å². The zero-order valence-corrected chi connectivity index (χ0v) is 27.5. The molecule has 5 rings (SSSR count). The molecule has 0 aromatic rings. The van der Waals surface area contributed by atoms with Crippen molar-refractivity contribution in [2.45, 2.75) is 125 Å². The number of nitrogens with one attached hydrogen (secondary N) is 1. The maximum absolute atomic E-state index is 12.6. The Hall–Kier alpha value is -1.11. The van der Waals surface area contributed by atoms with Gasteiger partial charge in [0, 0.05) is 32.6 Å². The maximum Gasteiger partial charge on any atom is 0.407 e. The van der Waals surface area contributed by atoms with Crippen LogP contribution in [0.2, 0.25) is 0 Å². The Bertz CT molecular complexity index is 901. The van der Waals surface area contributed by atoms with Gasteiger partial charge in [0.2, 0.25) is 0 Å². The predicted octanol–water partition coefficient (Wildman–Crippen LogP) is 8.25. The van der Waals surface area contributed by atoms with Crippen molar-refractivity contribution in [2.75, 3.05) is 52.6 Å². The Morgan fingerprint density at radius 2 is 1.91 bits per heavy atom. The molecule has 7 atom stereocenters. The summed E-state index contributed by atoms with van der Waals surface area (Å²) >= 11 is 0. The van der Waals surface area contributed by atoms with Gasteiger partial charge in [-0.1, -0.05) is 66.0 Å². The standard InChI is InChI=1S/C36H62N2O4.CH4/c1-5-36-17-14-30(42-34(39)37-18-22-40-23-19-38-20-24-41-25-21-38)26-29(36)10-12-31-32-13-11-28(9-7-6-8-27(2)3)35(32,4)16-15-33(31)36;/h10,27-28,30-33H,5-9,11-26H2,1-4H3,(H,37,39);1H4. The van der Waals surface area contributed by atoms with E-state index in [2.05, 4.69) is 44.0 Å². The van der Waals surface area contributed by atoms with Gasteiger partial charge in [-0.2, -0.15) is 0 Å². The number of hydrogen-bond donors (Lipinski definition) is 1. The first-order valence-electron chi connectivity index (χ1n) is 17.9. The smallest absolute Gasteiger partial charge is 0.407 e. The van der Waals surface area contributed by atoms with Gasteiger partial charge in [0.1, 0.15) is 6.10 Å². The zero-order valence-electron chi connectivity index (χ0n) is 27.5. The molecule has 0 radical (unpaired) electrons. The molecule has 6 heteroatoms. The SMILES string of the molecule is C.CCC12CCC(OC(=O)NCCOCCN3CCOCC3)CC1=CCC1C2CCC2(C)C(CCCCC(C)C)CCC12. The minimum atomic E-state index is -0.283. The number of carbonyl (C=O) groups excluding carboxylic acids is 1. The van der Waals surface area contributed by atoms with E-state index in [0.717, 1.165) is 75.3 Å². The quantitative estimate of drug-likeness (QED) is 0.170. The number of rotatable bonds is 13. The van der Waals surface area contributed by atoms with E-state index in [1.165, 1.54) is 70.6 Å². The number of ether oxygens (including phenoxy) is 3. The number of alkyl carbamates (subject to hydrolysis) is 1. The molecule has 0 bridgehead atoms. The summed E-state index contributed by atoms with van der Waals surface area (Å²) < 4.78 is 17.1. The highest BCUT2D eigenvalue weighted by Crippen LogP contribution is 2.67. The molecule has 3 saturated carbocycles. The summed E-state index contributed by atoms with van der Waals surface area (Å²) in [7, 11) is 0. The lowest BCUT2D eigenvalue weighted by Gasteiger charge is -2.59. The molecular formula is C37H66N2O4. The highest BCUT2D eigenvalue weighted by molar-refractivity contribution is 5.67. The summed E-state index contributed by atoms with van der Waals surface area (Å²) in [6, 6.07) is 0. The van der Waals surface area contributed by atoms with E-state index < -0.39 is 0 Å². The third-order valence-electron chi connectivity index (χ3n) is 12.6. The van der Waals surface area contributed by atoms with Crippen LogP contribution in [0.15, 0.2) is 11.6 Å². The van der Waals surface area contributed by atoms with E-state index in [0.29, 0.717) is 30.6 Å². The van der Waals surface area contributed by atoms with Gasteiger partial charge in [-0.05, 0) is 98.2 Å². The van der Waals surface area contributed by atoms with Crippen LogP contribution in [0.3, 0.4) is 0 Å². The van der Waals surface area contributed by atoms with Gasteiger partial charge < -0.3 is 19.5 Å². The van der Waals surface area contributed by atoms with Crippen molar-refractivity contribution >= 4 is 6.09 Å². The topological polar surface area (TPSA) is 60.0 Å². The van der Waals surface area contributed by atoms with Gasteiger partial charge in [-0.3, -0.25) is 4.90 Å². The molecule has 1 amide bonds. The van der Waals surface area contributed by atoms with E-state index in [1.807, 2.05) is 0 Å². The van der Waals surface area contributed by atoms with Crippen LogP contribution in [0, 0.1) is 40.4 Å². The van der Waals surface area contributed by atoms with Crippen molar-refractivity contribution in [1.82, 2.24) is 10.2 Å². The van der Waals surface area contributed by atoms with Crippen molar-refractivity contribution in [3.05, 3.63) is 11.6 Å². The number of hydrogen-bond acceptors (Lipinski definition) is 5. The predicted molar refractivity (Wildman–Crippen MR) is 176 cm³/mol. The fourth-order valence-electron chi connectivity index (χ4n) is 10.3. The highest BCUT2D eigenvalue weighted by Gasteiger charge is 2.59. The summed E-state index contributed by atoms with van der Waals surface area (Å²) in [5.74, 6) is 4.37. The molecule has 6 nitrogen and oxygen atoms in total. The monoisotopic (exact) mass is 603 g/mol. The van der Waals surface area contributed by atoms with E-state index in [9.17, 15) is 4.79 Å². The normalized spacial score (nSPS) is 35.7. The molecule has 7 unspecified atom stereocenters. The third kappa shape index (κ3) is 8.01. The van der Waals surface area contributed by atoms with Crippen LogP contribution in [-0.4, -0.2) is 69.7 Å². The number of morpholine rings is 1. The van der Waals surface area contributed by atoms with Crippen LogP contribution < -0.4 is 5.32 Å². The van der Waals surface area contributed by atoms with E-state index in [4.69, 9.17) is 14.2 Å². The number of amides is 1. The highest BCUT2D eigenvalue weighted by atomic mass is 16.6. The van der Waals surface area contributed by atoms with Crippen molar-refractivity contribution < 1.29 is 19.0 Å². The number of fused-ring (bicyclic) bond motifs is 5. The first kappa shape index (κ1) is 34.8. The fourth-order valence-corrected chi connectivity index (χ4v) is 10.3. The molecule has 1 heterocycles. The van der Waals surface area contributed by atoms with Gasteiger partial charge in [-0.15, -0.1) is 0 Å². The minimum absolute atomic E-state index is 0. The average Bonchev–Trinajstić information content (AvgIpc) is 3.33. The molecule has 43 heavy (non-hydrogen) atoms. The van der Waals surface area contributed by atoms with Crippen molar-refractivity contribution in [2.24, 2.45) is 40.4 Å². The number of unbranched alkanes of at least 4 members (excludes halogenated alkanes) is 1. The molecule has 5 aliphatic rings. The molecule has 4 aliphatic carbocycles. The molecule has 0 aromatic heterocycles. The second-order valence-corrected chi connectivity index (χ2v) is 15.1. The van der Waals surface area contributed by atoms with Crippen LogP contribution in [0.4, 0.5) is 4.79 Å². The Morgan fingerprint density at radius 1 is 1.09 bits per heavy atom. The van der Waals surface area contributed by atoms with Gasteiger partial charge in [-0.25, -0.2) is 4.79 Å². The lowest BCUT2D eigenvalue weighted by Crippen LogP contribution is -2.51. The second-order valence-electron chi connectivity index (χ2n) is 15.1. The van der Waals surface area contributed by atoms with E-state index in [1.54, 1.807) is 5.57 Å². The fraction of sp³-hybridized carbons (Fsp3) is 0.919. The van der Waals surface area contributed by atoms with Crippen LogP contribution in [0.1, 0.15) is 119 Å². The number of nitrogens with zero attached hydrogens (tertiary/aromatic N) is 1. The first-order chi connectivity index (χ1) is 20.4. The van der Waals surface area contributed by atoms with Gasteiger partial charge >= 0.3 is 6.09 Å². The molecule has 0 spiro atoms.